The first-order chi connectivity index (χ1) is 10.2. The SMILES string of the molecule is O=CN1CCN(C(=O)C2(C(=O)N3CCCCC3)CC2)CC1. The van der Waals surface area contributed by atoms with Crippen LogP contribution in [-0.2, 0) is 14.4 Å². The molecule has 0 aromatic rings. The zero-order valence-corrected chi connectivity index (χ0v) is 12.4. The molecular weight excluding hydrogens is 270 g/mol. The molecule has 6 nitrogen and oxygen atoms in total. The Kier molecular flexibility index (Phi) is 3.87. The molecule has 3 rings (SSSR count). The van der Waals surface area contributed by atoms with Gasteiger partial charge < -0.3 is 14.7 Å². The third kappa shape index (κ3) is 2.63. The third-order valence-electron chi connectivity index (χ3n) is 4.96. The van der Waals surface area contributed by atoms with Gasteiger partial charge in [0.15, 0.2) is 0 Å². The lowest BCUT2D eigenvalue weighted by atomic mass is 10.0. The molecule has 0 spiro atoms. The molecule has 3 aliphatic rings. The van der Waals surface area contributed by atoms with Gasteiger partial charge >= 0.3 is 0 Å². The maximum atomic E-state index is 12.7. The number of hydrogen-bond acceptors (Lipinski definition) is 3. The van der Waals surface area contributed by atoms with Crippen molar-refractivity contribution < 1.29 is 14.4 Å². The number of nitrogens with zero attached hydrogens (tertiary/aromatic N) is 3. The van der Waals surface area contributed by atoms with Crippen LogP contribution in [0.25, 0.3) is 0 Å². The van der Waals surface area contributed by atoms with Gasteiger partial charge in [0.2, 0.25) is 18.2 Å². The highest BCUT2D eigenvalue weighted by Crippen LogP contribution is 2.49. The molecule has 0 radical (unpaired) electrons. The minimum absolute atomic E-state index is 0.0105. The van der Waals surface area contributed by atoms with E-state index in [0.29, 0.717) is 39.0 Å². The molecule has 0 N–H and O–H groups in total. The van der Waals surface area contributed by atoms with Crippen LogP contribution in [0, 0.1) is 5.41 Å². The van der Waals surface area contributed by atoms with Crippen molar-refractivity contribution in [3.63, 3.8) is 0 Å². The summed E-state index contributed by atoms with van der Waals surface area (Å²) in [5.74, 6) is 0.0358. The zero-order valence-electron chi connectivity index (χ0n) is 12.4. The molecule has 2 heterocycles. The Balaban J connectivity index is 1.63. The second kappa shape index (κ2) is 5.66. The second-order valence-corrected chi connectivity index (χ2v) is 6.37. The molecule has 116 valence electrons. The van der Waals surface area contributed by atoms with Gasteiger partial charge in [-0.05, 0) is 32.1 Å². The minimum Gasteiger partial charge on any atom is -0.342 e. The average molecular weight is 293 g/mol. The van der Waals surface area contributed by atoms with Gasteiger partial charge in [0.25, 0.3) is 0 Å². The summed E-state index contributed by atoms with van der Waals surface area (Å²) in [5, 5.41) is 0. The van der Waals surface area contributed by atoms with E-state index in [0.717, 1.165) is 32.3 Å². The Morgan fingerprint density at radius 1 is 0.762 bits per heavy atom. The van der Waals surface area contributed by atoms with E-state index in [1.54, 1.807) is 9.80 Å². The molecule has 0 atom stereocenters. The van der Waals surface area contributed by atoms with Crippen LogP contribution in [0.1, 0.15) is 32.1 Å². The fourth-order valence-corrected chi connectivity index (χ4v) is 3.38. The summed E-state index contributed by atoms with van der Waals surface area (Å²) < 4.78 is 0. The normalized spacial score (nSPS) is 24.7. The van der Waals surface area contributed by atoms with Crippen molar-refractivity contribution >= 4 is 18.2 Å². The monoisotopic (exact) mass is 293 g/mol. The van der Waals surface area contributed by atoms with Gasteiger partial charge in [0, 0.05) is 39.3 Å². The van der Waals surface area contributed by atoms with E-state index in [1.165, 1.54) is 6.42 Å². The lowest BCUT2D eigenvalue weighted by Gasteiger charge is -2.36. The maximum absolute atomic E-state index is 12.7. The highest BCUT2D eigenvalue weighted by Gasteiger charge is 2.59. The molecule has 0 aromatic heterocycles. The van der Waals surface area contributed by atoms with Crippen molar-refractivity contribution in [3.05, 3.63) is 0 Å². The van der Waals surface area contributed by atoms with E-state index in [1.807, 2.05) is 4.90 Å². The first kappa shape index (κ1) is 14.4. The Morgan fingerprint density at radius 2 is 1.29 bits per heavy atom. The average Bonchev–Trinajstić information content (AvgIpc) is 3.36. The van der Waals surface area contributed by atoms with Crippen LogP contribution in [0.5, 0.6) is 0 Å². The Hall–Kier alpha value is -1.59. The number of piperazine rings is 1. The molecule has 0 aromatic carbocycles. The van der Waals surface area contributed by atoms with Crippen molar-refractivity contribution in [3.8, 4) is 0 Å². The molecule has 3 fully saturated rings. The van der Waals surface area contributed by atoms with Gasteiger partial charge in [-0.25, -0.2) is 0 Å². The smallest absolute Gasteiger partial charge is 0.238 e. The summed E-state index contributed by atoms with van der Waals surface area (Å²) in [5.41, 5.74) is -0.763. The summed E-state index contributed by atoms with van der Waals surface area (Å²) in [4.78, 5) is 41.5. The molecule has 1 saturated carbocycles. The van der Waals surface area contributed by atoms with Crippen molar-refractivity contribution in [1.82, 2.24) is 14.7 Å². The van der Waals surface area contributed by atoms with E-state index in [2.05, 4.69) is 0 Å². The van der Waals surface area contributed by atoms with Crippen molar-refractivity contribution in [2.75, 3.05) is 39.3 Å². The molecule has 3 amide bonds. The standard InChI is InChI=1S/C15H23N3O3/c19-12-16-8-10-18(11-9-16)14(21)15(4-5-15)13(20)17-6-2-1-3-7-17/h12H,1-11H2. The largest absolute Gasteiger partial charge is 0.342 e. The highest BCUT2D eigenvalue weighted by molar-refractivity contribution is 6.07. The van der Waals surface area contributed by atoms with Crippen LogP contribution in [0.15, 0.2) is 0 Å². The predicted octanol–water partition coefficient (Wildman–Crippen LogP) is 0.0797. The second-order valence-electron chi connectivity index (χ2n) is 6.37. The van der Waals surface area contributed by atoms with Crippen LogP contribution >= 0.6 is 0 Å². The maximum Gasteiger partial charge on any atom is 0.238 e. The molecular formula is C15H23N3O3. The van der Waals surface area contributed by atoms with Gasteiger partial charge in [-0.3, -0.25) is 14.4 Å². The first-order valence-electron chi connectivity index (χ1n) is 7.95. The van der Waals surface area contributed by atoms with Crippen LogP contribution < -0.4 is 0 Å². The van der Waals surface area contributed by atoms with Crippen LogP contribution in [0.4, 0.5) is 0 Å². The quantitative estimate of drug-likeness (QED) is 0.547. The van der Waals surface area contributed by atoms with Gasteiger partial charge in [-0.1, -0.05) is 0 Å². The van der Waals surface area contributed by atoms with Crippen molar-refractivity contribution in [2.45, 2.75) is 32.1 Å². The minimum atomic E-state index is -0.763. The van der Waals surface area contributed by atoms with E-state index in [4.69, 9.17) is 0 Å². The number of rotatable bonds is 3. The number of likely N-dealkylation sites (tertiary alicyclic amines) is 1. The zero-order chi connectivity index (χ0) is 14.9. The van der Waals surface area contributed by atoms with Crippen LogP contribution in [-0.4, -0.2) is 72.2 Å². The van der Waals surface area contributed by atoms with Gasteiger partial charge in [-0.15, -0.1) is 0 Å². The van der Waals surface area contributed by atoms with Crippen molar-refractivity contribution in [1.29, 1.82) is 0 Å². The summed E-state index contributed by atoms with van der Waals surface area (Å²) in [6.45, 7) is 3.84. The van der Waals surface area contributed by atoms with Crippen LogP contribution in [0.2, 0.25) is 0 Å². The van der Waals surface area contributed by atoms with Crippen LogP contribution in [0.3, 0.4) is 0 Å². The molecule has 0 unspecified atom stereocenters. The number of hydrogen-bond donors (Lipinski definition) is 0. The van der Waals surface area contributed by atoms with Gasteiger partial charge in [0.05, 0.1) is 0 Å². The molecule has 0 bridgehead atoms. The predicted molar refractivity (Wildman–Crippen MR) is 76.3 cm³/mol. The summed E-state index contributed by atoms with van der Waals surface area (Å²) >= 11 is 0. The summed E-state index contributed by atoms with van der Waals surface area (Å²) in [6.07, 6.45) is 5.48. The number of amides is 3. The fraction of sp³-hybridized carbons (Fsp3) is 0.800. The summed E-state index contributed by atoms with van der Waals surface area (Å²) in [6, 6.07) is 0. The molecule has 21 heavy (non-hydrogen) atoms. The topological polar surface area (TPSA) is 60.9 Å². The molecule has 2 saturated heterocycles. The van der Waals surface area contributed by atoms with Crippen molar-refractivity contribution in [2.24, 2.45) is 5.41 Å². The van der Waals surface area contributed by atoms with E-state index in [9.17, 15) is 14.4 Å². The Morgan fingerprint density at radius 3 is 1.76 bits per heavy atom. The van der Waals surface area contributed by atoms with Gasteiger partial charge in [-0.2, -0.15) is 0 Å². The lowest BCUT2D eigenvalue weighted by Crippen LogP contribution is -2.53. The number of piperidine rings is 1. The number of carbonyl (C=O) groups excluding carboxylic acids is 3. The molecule has 1 aliphatic carbocycles. The molecule has 6 heteroatoms. The summed E-state index contributed by atoms with van der Waals surface area (Å²) in [7, 11) is 0. The highest BCUT2D eigenvalue weighted by atomic mass is 16.2. The van der Waals surface area contributed by atoms with E-state index in [-0.39, 0.29) is 11.8 Å². The van der Waals surface area contributed by atoms with Gasteiger partial charge in [0.1, 0.15) is 5.41 Å². The molecule has 2 aliphatic heterocycles. The lowest BCUT2D eigenvalue weighted by molar-refractivity contribution is -0.151. The number of carbonyl (C=O) groups is 3. The Bertz CT molecular complexity index is 433. The van der Waals surface area contributed by atoms with E-state index < -0.39 is 5.41 Å². The fourth-order valence-electron chi connectivity index (χ4n) is 3.38. The Labute approximate surface area is 125 Å². The van der Waals surface area contributed by atoms with E-state index >= 15 is 0 Å². The third-order valence-corrected chi connectivity index (χ3v) is 4.96. The first-order valence-corrected chi connectivity index (χ1v) is 7.95.